The highest BCUT2D eigenvalue weighted by atomic mass is 35.5. The first-order chi connectivity index (χ1) is 8.73. The van der Waals surface area contributed by atoms with Gasteiger partial charge in [0.1, 0.15) is 0 Å². The first-order valence-electron chi connectivity index (χ1n) is 5.22. The van der Waals surface area contributed by atoms with Crippen LogP contribution in [-0.4, -0.2) is 23.1 Å². The summed E-state index contributed by atoms with van der Waals surface area (Å²) >= 11 is 5.75. The Labute approximate surface area is 112 Å². The molecular formula is C10H12ClF3N4O. The number of carbonyl (C=O) groups excluding carboxylic acids is 1. The Morgan fingerprint density at radius 3 is 2.68 bits per heavy atom. The molecule has 1 atom stereocenters. The summed E-state index contributed by atoms with van der Waals surface area (Å²) in [7, 11) is 0. The molecular weight excluding hydrogens is 285 g/mol. The van der Waals surface area contributed by atoms with Gasteiger partial charge in [0.15, 0.2) is 5.82 Å². The van der Waals surface area contributed by atoms with Crippen molar-refractivity contribution in [2.75, 3.05) is 5.43 Å². The molecule has 0 bridgehead atoms. The molecule has 1 heterocycles. The Bertz CT molecular complexity index is 467. The lowest BCUT2D eigenvalue weighted by Crippen LogP contribution is -2.36. The molecule has 0 aromatic carbocycles. The molecule has 0 aliphatic rings. The van der Waals surface area contributed by atoms with Gasteiger partial charge in [0, 0.05) is 12.2 Å². The first kappa shape index (κ1) is 15.5. The lowest BCUT2D eigenvalue weighted by atomic mass is 10.2. The molecule has 4 N–H and O–H groups in total. The van der Waals surface area contributed by atoms with Crippen molar-refractivity contribution in [1.29, 1.82) is 0 Å². The summed E-state index contributed by atoms with van der Waals surface area (Å²) in [4.78, 5) is 15.4. The van der Waals surface area contributed by atoms with Crippen LogP contribution < -0.4 is 16.6 Å². The summed E-state index contributed by atoms with van der Waals surface area (Å²) in [5.41, 5.74) is 2.26. The molecule has 0 aliphatic carbocycles. The zero-order chi connectivity index (χ0) is 14.6. The lowest BCUT2D eigenvalue weighted by Gasteiger charge is -2.16. The molecule has 0 spiro atoms. The highest BCUT2D eigenvalue weighted by Gasteiger charge is 2.30. The number of alkyl halides is 3. The third kappa shape index (κ3) is 4.92. The standard InChI is InChI=1S/C10H12ClF3N4O/c1-5(3-10(12,13)14)17-9(19)6-2-7(11)8(18-15)16-4-6/h2,4-5H,3,15H2,1H3,(H,16,18)(H,17,19). The number of hydrogen-bond acceptors (Lipinski definition) is 4. The summed E-state index contributed by atoms with van der Waals surface area (Å²) in [6.07, 6.45) is -4.28. The van der Waals surface area contributed by atoms with E-state index in [2.05, 4.69) is 15.7 Å². The highest BCUT2D eigenvalue weighted by molar-refractivity contribution is 6.33. The summed E-state index contributed by atoms with van der Waals surface area (Å²) in [5.74, 6) is 4.59. The van der Waals surface area contributed by atoms with Gasteiger partial charge in [-0.05, 0) is 13.0 Å². The third-order valence-electron chi connectivity index (χ3n) is 2.16. The molecule has 1 aromatic heterocycles. The van der Waals surface area contributed by atoms with Gasteiger partial charge in [0.2, 0.25) is 0 Å². The van der Waals surface area contributed by atoms with Crippen LogP contribution in [0, 0.1) is 0 Å². The van der Waals surface area contributed by atoms with E-state index in [1.54, 1.807) is 0 Å². The Morgan fingerprint density at radius 1 is 1.58 bits per heavy atom. The molecule has 5 nitrogen and oxygen atoms in total. The van der Waals surface area contributed by atoms with E-state index in [1.165, 1.54) is 13.0 Å². The number of halogens is 4. The molecule has 0 radical (unpaired) electrons. The molecule has 0 fully saturated rings. The summed E-state index contributed by atoms with van der Waals surface area (Å²) in [5, 5.41) is 2.30. The molecule has 0 saturated carbocycles. The maximum atomic E-state index is 12.1. The predicted octanol–water partition coefficient (Wildman–Crippen LogP) is 2.09. The van der Waals surface area contributed by atoms with Crippen LogP contribution in [0.25, 0.3) is 0 Å². The van der Waals surface area contributed by atoms with Crippen molar-refractivity contribution in [3.8, 4) is 0 Å². The number of rotatable bonds is 4. The molecule has 1 aromatic rings. The maximum absolute atomic E-state index is 12.1. The van der Waals surface area contributed by atoms with Crippen LogP contribution in [0.2, 0.25) is 5.02 Å². The van der Waals surface area contributed by atoms with Gasteiger partial charge < -0.3 is 10.7 Å². The zero-order valence-electron chi connectivity index (χ0n) is 9.88. The van der Waals surface area contributed by atoms with Crippen molar-refractivity contribution in [3.63, 3.8) is 0 Å². The van der Waals surface area contributed by atoms with E-state index in [-0.39, 0.29) is 16.4 Å². The van der Waals surface area contributed by atoms with Gasteiger partial charge in [-0.25, -0.2) is 10.8 Å². The molecule has 1 rings (SSSR count). The summed E-state index contributed by atoms with van der Waals surface area (Å²) in [6.45, 7) is 1.26. The van der Waals surface area contributed by atoms with E-state index in [0.29, 0.717) is 0 Å². The fraction of sp³-hybridized carbons (Fsp3) is 0.400. The molecule has 1 amide bonds. The van der Waals surface area contributed by atoms with Gasteiger partial charge in [-0.2, -0.15) is 13.2 Å². The van der Waals surface area contributed by atoms with Crippen LogP contribution in [0.15, 0.2) is 12.3 Å². The molecule has 0 aliphatic heterocycles. The van der Waals surface area contributed by atoms with E-state index in [0.717, 1.165) is 6.20 Å². The molecule has 1 unspecified atom stereocenters. The molecule has 19 heavy (non-hydrogen) atoms. The monoisotopic (exact) mass is 296 g/mol. The van der Waals surface area contributed by atoms with E-state index in [1.807, 2.05) is 0 Å². The van der Waals surface area contributed by atoms with Crippen LogP contribution in [0.3, 0.4) is 0 Å². The van der Waals surface area contributed by atoms with Gasteiger partial charge in [0.05, 0.1) is 17.0 Å². The second-order valence-electron chi connectivity index (χ2n) is 3.89. The number of pyridine rings is 1. The van der Waals surface area contributed by atoms with E-state index < -0.39 is 24.5 Å². The van der Waals surface area contributed by atoms with Crippen LogP contribution in [0.1, 0.15) is 23.7 Å². The zero-order valence-corrected chi connectivity index (χ0v) is 10.6. The number of aromatic nitrogens is 1. The van der Waals surface area contributed by atoms with Crippen molar-refractivity contribution in [2.24, 2.45) is 5.84 Å². The minimum Gasteiger partial charge on any atom is -0.349 e. The van der Waals surface area contributed by atoms with Crippen LogP contribution in [0.4, 0.5) is 19.0 Å². The SMILES string of the molecule is CC(CC(F)(F)F)NC(=O)c1cnc(NN)c(Cl)c1. The second-order valence-corrected chi connectivity index (χ2v) is 4.30. The topological polar surface area (TPSA) is 80.0 Å². The number of anilines is 1. The number of nitrogens with zero attached hydrogens (tertiary/aromatic N) is 1. The Hall–Kier alpha value is -1.54. The number of nitrogens with two attached hydrogens (primary N) is 1. The Kier molecular flexibility index (Phi) is 4.96. The average Bonchev–Trinajstić information content (AvgIpc) is 2.26. The second kappa shape index (κ2) is 6.07. The van der Waals surface area contributed by atoms with Crippen molar-refractivity contribution in [2.45, 2.75) is 25.6 Å². The molecule has 0 saturated heterocycles. The maximum Gasteiger partial charge on any atom is 0.391 e. The van der Waals surface area contributed by atoms with Gasteiger partial charge in [-0.1, -0.05) is 11.6 Å². The Morgan fingerprint density at radius 2 is 2.21 bits per heavy atom. The number of hydrogen-bond donors (Lipinski definition) is 3. The van der Waals surface area contributed by atoms with Crippen molar-refractivity contribution >= 4 is 23.3 Å². The highest BCUT2D eigenvalue weighted by Crippen LogP contribution is 2.22. The Balaban J connectivity index is 2.71. The number of hydrazine groups is 1. The van der Waals surface area contributed by atoms with Gasteiger partial charge >= 0.3 is 6.18 Å². The minimum atomic E-state index is -4.34. The quantitative estimate of drug-likeness (QED) is 0.587. The minimum absolute atomic E-state index is 0.0537. The van der Waals surface area contributed by atoms with E-state index in [4.69, 9.17) is 17.4 Å². The first-order valence-corrected chi connectivity index (χ1v) is 5.60. The van der Waals surface area contributed by atoms with Gasteiger partial charge in [0.25, 0.3) is 5.91 Å². The van der Waals surface area contributed by atoms with Crippen LogP contribution in [-0.2, 0) is 0 Å². The molecule has 106 valence electrons. The predicted molar refractivity (Wildman–Crippen MR) is 64.7 cm³/mol. The normalized spacial score (nSPS) is 12.9. The number of amides is 1. The van der Waals surface area contributed by atoms with E-state index in [9.17, 15) is 18.0 Å². The van der Waals surface area contributed by atoms with Crippen LogP contribution in [0.5, 0.6) is 0 Å². The smallest absolute Gasteiger partial charge is 0.349 e. The number of nitrogen functional groups attached to an aromatic ring is 1. The largest absolute Gasteiger partial charge is 0.391 e. The number of carbonyl (C=O) groups is 1. The summed E-state index contributed by atoms with van der Waals surface area (Å²) in [6, 6.07) is 0.220. The lowest BCUT2D eigenvalue weighted by molar-refractivity contribution is -0.138. The van der Waals surface area contributed by atoms with E-state index >= 15 is 0 Å². The fourth-order valence-corrected chi connectivity index (χ4v) is 1.59. The van der Waals surface area contributed by atoms with Gasteiger partial charge in [-0.15, -0.1) is 0 Å². The fourth-order valence-electron chi connectivity index (χ4n) is 1.37. The number of nitrogens with one attached hydrogen (secondary N) is 2. The van der Waals surface area contributed by atoms with Crippen molar-refractivity contribution in [3.05, 3.63) is 22.8 Å². The van der Waals surface area contributed by atoms with Crippen molar-refractivity contribution < 1.29 is 18.0 Å². The average molecular weight is 297 g/mol. The van der Waals surface area contributed by atoms with Gasteiger partial charge in [-0.3, -0.25) is 4.79 Å². The van der Waals surface area contributed by atoms with Crippen LogP contribution >= 0.6 is 11.6 Å². The van der Waals surface area contributed by atoms with Crippen molar-refractivity contribution in [1.82, 2.24) is 10.3 Å². The summed E-state index contributed by atoms with van der Waals surface area (Å²) < 4.78 is 36.3. The third-order valence-corrected chi connectivity index (χ3v) is 2.44. The molecule has 9 heteroatoms.